The third-order valence-electron chi connectivity index (χ3n) is 5.96. The first kappa shape index (κ1) is 24.9. The number of nitrogens with zero attached hydrogens (tertiary/aromatic N) is 2. The van der Waals surface area contributed by atoms with Gasteiger partial charge in [0, 0.05) is 17.3 Å². The number of carbonyl (C=O) groups excluding carboxylic acids is 4. The minimum Gasteiger partial charge on any atom is -0.497 e. The first-order valence-electron chi connectivity index (χ1n) is 11.2. The molecule has 1 unspecified atom stereocenters. The minimum absolute atomic E-state index is 0.102. The average molecular weight is 506 g/mol. The second-order valence-corrected chi connectivity index (χ2v) is 8.72. The highest BCUT2D eigenvalue weighted by Crippen LogP contribution is 2.28. The van der Waals surface area contributed by atoms with E-state index < -0.39 is 29.5 Å². The van der Waals surface area contributed by atoms with E-state index in [1.807, 2.05) is 0 Å². The largest absolute Gasteiger partial charge is 0.497 e. The van der Waals surface area contributed by atoms with Crippen LogP contribution < -0.4 is 15.0 Å². The van der Waals surface area contributed by atoms with E-state index in [1.54, 1.807) is 86.8 Å². The molecule has 1 atom stereocenters. The first-order valence-corrected chi connectivity index (χ1v) is 11.6. The summed E-state index contributed by atoms with van der Waals surface area (Å²) in [5.41, 5.74) is 1.93. The fourth-order valence-corrected chi connectivity index (χ4v) is 4.05. The van der Waals surface area contributed by atoms with Crippen LogP contribution in [0.5, 0.6) is 5.75 Å². The number of halogens is 1. The summed E-state index contributed by atoms with van der Waals surface area (Å²) in [7, 11) is 1.55. The molecule has 0 bridgehead atoms. The summed E-state index contributed by atoms with van der Waals surface area (Å²) >= 11 is 6.00. The van der Waals surface area contributed by atoms with Crippen molar-refractivity contribution in [2.24, 2.45) is 0 Å². The van der Waals surface area contributed by atoms with Crippen LogP contribution in [0.2, 0.25) is 5.02 Å². The number of ketones is 1. The molecule has 8 nitrogen and oxygen atoms in total. The Labute approximate surface area is 213 Å². The second-order valence-electron chi connectivity index (χ2n) is 8.28. The maximum absolute atomic E-state index is 13.5. The van der Waals surface area contributed by atoms with Crippen molar-refractivity contribution in [1.29, 1.82) is 0 Å². The maximum atomic E-state index is 13.5. The Hall–Kier alpha value is -4.17. The molecule has 1 aliphatic rings. The van der Waals surface area contributed by atoms with Crippen LogP contribution in [0.4, 0.5) is 11.4 Å². The summed E-state index contributed by atoms with van der Waals surface area (Å²) in [6.07, 6.45) is 0. The molecule has 1 heterocycles. The van der Waals surface area contributed by atoms with Gasteiger partial charge in [-0.15, -0.1) is 0 Å². The Bertz CT molecular complexity index is 1310. The lowest BCUT2D eigenvalue weighted by Gasteiger charge is -2.30. The molecule has 36 heavy (non-hydrogen) atoms. The number of nitrogens with one attached hydrogen (secondary N) is 1. The number of anilines is 2. The quantitative estimate of drug-likeness (QED) is 0.468. The van der Waals surface area contributed by atoms with Crippen LogP contribution in [0.15, 0.2) is 72.8 Å². The lowest BCUT2D eigenvalue weighted by Crippen LogP contribution is -2.49. The van der Waals surface area contributed by atoms with Gasteiger partial charge in [-0.2, -0.15) is 0 Å². The molecule has 3 aromatic rings. The molecule has 1 N–H and O–H groups in total. The SMILES string of the molecule is COc1ccc(NC(=O)C(C)N(Cc2ccc(Cl)cc2)C(=O)CN2C(=O)C(=O)c3ccccc32)cc1. The zero-order valence-electron chi connectivity index (χ0n) is 19.7. The average Bonchev–Trinajstić information content (AvgIpc) is 3.13. The zero-order chi connectivity index (χ0) is 25.8. The highest BCUT2D eigenvalue weighted by atomic mass is 35.5. The third kappa shape index (κ3) is 5.23. The van der Waals surface area contributed by atoms with Gasteiger partial charge in [0.25, 0.3) is 11.7 Å². The van der Waals surface area contributed by atoms with Crippen molar-refractivity contribution in [3.8, 4) is 5.75 Å². The molecule has 0 aliphatic carbocycles. The number of hydrogen-bond acceptors (Lipinski definition) is 5. The molecule has 0 radical (unpaired) electrons. The van der Waals surface area contributed by atoms with Gasteiger partial charge in [-0.05, 0) is 61.0 Å². The van der Waals surface area contributed by atoms with Crippen molar-refractivity contribution in [3.05, 3.63) is 88.9 Å². The van der Waals surface area contributed by atoms with E-state index in [2.05, 4.69) is 5.32 Å². The number of benzene rings is 3. The van der Waals surface area contributed by atoms with Gasteiger partial charge in [-0.25, -0.2) is 0 Å². The lowest BCUT2D eigenvalue weighted by molar-refractivity contribution is -0.138. The Morgan fingerprint density at radius 1 is 1.00 bits per heavy atom. The Morgan fingerprint density at radius 3 is 2.33 bits per heavy atom. The van der Waals surface area contributed by atoms with Crippen molar-refractivity contribution in [1.82, 2.24) is 4.90 Å². The molecule has 0 aromatic heterocycles. The number of amides is 3. The second kappa shape index (κ2) is 10.6. The van der Waals surface area contributed by atoms with Gasteiger partial charge in [0.1, 0.15) is 18.3 Å². The molecule has 0 spiro atoms. The van der Waals surface area contributed by atoms with Crippen LogP contribution in [-0.2, 0) is 20.9 Å². The minimum atomic E-state index is -0.890. The fourth-order valence-electron chi connectivity index (χ4n) is 3.92. The topological polar surface area (TPSA) is 96.0 Å². The van der Waals surface area contributed by atoms with E-state index in [0.717, 1.165) is 10.5 Å². The number of carbonyl (C=O) groups is 4. The Kier molecular flexibility index (Phi) is 7.36. The number of ether oxygens (including phenoxy) is 1. The molecule has 9 heteroatoms. The van der Waals surface area contributed by atoms with Crippen LogP contribution in [0.1, 0.15) is 22.8 Å². The highest BCUT2D eigenvalue weighted by Gasteiger charge is 2.38. The molecule has 184 valence electrons. The van der Waals surface area contributed by atoms with Gasteiger partial charge >= 0.3 is 0 Å². The molecule has 3 aromatic carbocycles. The number of para-hydroxylation sites is 1. The van der Waals surface area contributed by atoms with Crippen molar-refractivity contribution in [3.63, 3.8) is 0 Å². The number of methoxy groups -OCH3 is 1. The van der Waals surface area contributed by atoms with Crippen molar-refractivity contribution >= 4 is 46.5 Å². The molecular weight excluding hydrogens is 482 g/mol. The Balaban J connectivity index is 1.57. The molecule has 0 saturated carbocycles. The lowest BCUT2D eigenvalue weighted by atomic mass is 10.1. The Morgan fingerprint density at radius 2 is 1.67 bits per heavy atom. The highest BCUT2D eigenvalue weighted by molar-refractivity contribution is 6.52. The van der Waals surface area contributed by atoms with E-state index in [1.165, 1.54) is 4.90 Å². The summed E-state index contributed by atoms with van der Waals surface area (Å²) < 4.78 is 5.14. The van der Waals surface area contributed by atoms with Gasteiger partial charge in [0.2, 0.25) is 11.8 Å². The van der Waals surface area contributed by atoms with E-state index in [0.29, 0.717) is 22.1 Å². The summed E-state index contributed by atoms with van der Waals surface area (Å²) in [6, 6.07) is 19.4. The van der Waals surface area contributed by atoms with Crippen LogP contribution in [0.25, 0.3) is 0 Å². The smallest absolute Gasteiger partial charge is 0.299 e. The molecule has 3 amide bonds. The van der Waals surface area contributed by atoms with Crippen LogP contribution >= 0.6 is 11.6 Å². The molecule has 0 fully saturated rings. The predicted molar refractivity (Wildman–Crippen MR) is 136 cm³/mol. The van der Waals surface area contributed by atoms with Crippen LogP contribution in [-0.4, -0.2) is 48.1 Å². The van der Waals surface area contributed by atoms with Gasteiger partial charge in [0.15, 0.2) is 0 Å². The number of Topliss-reactive ketones (excluding diaryl/α,β-unsaturated/α-hetero) is 1. The molecular formula is C27H24ClN3O5. The van der Waals surface area contributed by atoms with Crippen LogP contribution in [0.3, 0.4) is 0 Å². The summed E-state index contributed by atoms with van der Waals surface area (Å²) in [6.45, 7) is 1.33. The van der Waals surface area contributed by atoms with E-state index in [-0.39, 0.29) is 18.7 Å². The molecule has 1 aliphatic heterocycles. The van der Waals surface area contributed by atoms with Crippen LogP contribution in [0, 0.1) is 0 Å². The monoisotopic (exact) mass is 505 g/mol. The fraction of sp³-hybridized carbons (Fsp3) is 0.185. The van der Waals surface area contributed by atoms with Crippen molar-refractivity contribution < 1.29 is 23.9 Å². The summed E-state index contributed by atoms with van der Waals surface area (Å²) in [5, 5.41) is 3.35. The molecule has 0 saturated heterocycles. The zero-order valence-corrected chi connectivity index (χ0v) is 20.5. The number of fused-ring (bicyclic) bond motifs is 1. The number of rotatable bonds is 8. The third-order valence-corrected chi connectivity index (χ3v) is 6.22. The maximum Gasteiger partial charge on any atom is 0.299 e. The number of hydrogen-bond donors (Lipinski definition) is 1. The van der Waals surface area contributed by atoms with Crippen molar-refractivity contribution in [2.75, 3.05) is 23.9 Å². The summed E-state index contributed by atoms with van der Waals surface area (Å²) in [4.78, 5) is 54.1. The van der Waals surface area contributed by atoms with Crippen molar-refractivity contribution in [2.45, 2.75) is 19.5 Å². The van der Waals surface area contributed by atoms with Gasteiger partial charge in [0.05, 0.1) is 18.4 Å². The normalized spacial score (nSPS) is 13.2. The van der Waals surface area contributed by atoms with E-state index >= 15 is 0 Å². The van der Waals surface area contributed by atoms with Gasteiger partial charge < -0.3 is 15.0 Å². The summed E-state index contributed by atoms with van der Waals surface area (Å²) in [5.74, 6) is -1.68. The predicted octanol–water partition coefficient (Wildman–Crippen LogP) is 3.93. The van der Waals surface area contributed by atoms with Gasteiger partial charge in [-0.3, -0.25) is 24.1 Å². The molecule has 4 rings (SSSR count). The van der Waals surface area contributed by atoms with E-state index in [4.69, 9.17) is 16.3 Å². The standard InChI is InChI=1S/C27H24ClN3O5/c1-17(26(34)29-20-11-13-21(36-2)14-12-20)30(15-18-7-9-19(28)10-8-18)24(32)16-31-23-6-4-3-5-22(23)25(33)27(31)35/h3-14,17H,15-16H2,1-2H3,(H,29,34). The first-order chi connectivity index (χ1) is 17.3. The van der Waals surface area contributed by atoms with Gasteiger partial charge in [-0.1, -0.05) is 35.9 Å². The van der Waals surface area contributed by atoms with E-state index in [9.17, 15) is 19.2 Å².